The van der Waals surface area contributed by atoms with E-state index in [4.69, 9.17) is 0 Å². The summed E-state index contributed by atoms with van der Waals surface area (Å²) in [6.07, 6.45) is 4.75. The number of thioether (sulfide) groups is 1. The van der Waals surface area contributed by atoms with Gasteiger partial charge in [0.05, 0.1) is 0 Å². The molecule has 0 saturated carbocycles. The van der Waals surface area contributed by atoms with Crippen LogP contribution in [-0.2, 0) is 0 Å². The molecule has 0 radical (unpaired) electrons. The lowest BCUT2D eigenvalue weighted by molar-refractivity contribution is 0.256. The topological polar surface area (TPSA) is 15.3 Å². The Morgan fingerprint density at radius 1 is 1.27 bits per heavy atom. The van der Waals surface area contributed by atoms with Gasteiger partial charge in [0.15, 0.2) is 0 Å². The van der Waals surface area contributed by atoms with Crippen molar-refractivity contribution in [1.29, 1.82) is 0 Å². The van der Waals surface area contributed by atoms with Gasteiger partial charge in [0.2, 0.25) is 0 Å². The summed E-state index contributed by atoms with van der Waals surface area (Å²) in [6.45, 7) is 9.09. The maximum atomic E-state index is 3.46. The molecule has 92 valence electrons. The van der Waals surface area contributed by atoms with Crippen molar-refractivity contribution in [2.75, 3.05) is 32.1 Å². The number of nitrogens with zero attached hydrogens (tertiary/aromatic N) is 1. The van der Waals surface area contributed by atoms with E-state index in [1.54, 1.807) is 0 Å². The molecule has 0 bridgehead atoms. The Kier molecular flexibility index (Phi) is 9.66. The summed E-state index contributed by atoms with van der Waals surface area (Å²) < 4.78 is 0. The molecule has 0 aromatic carbocycles. The van der Waals surface area contributed by atoms with Gasteiger partial charge in [-0.3, -0.25) is 0 Å². The molecule has 0 aliphatic carbocycles. The Hall–Kier alpha value is 0.270. The summed E-state index contributed by atoms with van der Waals surface area (Å²) in [4.78, 5) is 2.46. The van der Waals surface area contributed by atoms with E-state index in [-0.39, 0.29) is 0 Å². The summed E-state index contributed by atoms with van der Waals surface area (Å²) in [5.74, 6) is 1.24. The van der Waals surface area contributed by atoms with Crippen LogP contribution >= 0.6 is 11.8 Å². The zero-order valence-electron chi connectivity index (χ0n) is 11.0. The Labute approximate surface area is 100 Å². The molecule has 0 spiro atoms. The second-order valence-electron chi connectivity index (χ2n) is 4.57. The highest BCUT2D eigenvalue weighted by molar-refractivity contribution is 7.98. The Morgan fingerprint density at radius 2 is 1.93 bits per heavy atom. The van der Waals surface area contributed by atoms with Gasteiger partial charge in [0, 0.05) is 24.4 Å². The van der Waals surface area contributed by atoms with Crippen molar-refractivity contribution in [3.63, 3.8) is 0 Å². The molecular formula is C12H28N2S. The van der Waals surface area contributed by atoms with Crippen LogP contribution in [0.4, 0.5) is 0 Å². The number of nitrogens with one attached hydrogen (secondary N) is 1. The van der Waals surface area contributed by atoms with Crippen LogP contribution in [0.1, 0.15) is 33.6 Å². The number of hydrogen-bond acceptors (Lipinski definition) is 3. The van der Waals surface area contributed by atoms with Gasteiger partial charge in [-0.2, -0.15) is 11.8 Å². The molecule has 0 amide bonds. The Morgan fingerprint density at radius 3 is 2.47 bits per heavy atom. The summed E-state index contributed by atoms with van der Waals surface area (Å²) in [5.41, 5.74) is 0. The zero-order valence-corrected chi connectivity index (χ0v) is 11.9. The van der Waals surface area contributed by atoms with Crippen LogP contribution in [0.2, 0.25) is 0 Å². The molecule has 1 unspecified atom stereocenters. The van der Waals surface area contributed by atoms with Crippen LogP contribution in [0.5, 0.6) is 0 Å². The predicted octanol–water partition coefficient (Wildman–Crippen LogP) is 2.45. The quantitative estimate of drug-likeness (QED) is 0.615. The van der Waals surface area contributed by atoms with Crippen LogP contribution in [-0.4, -0.2) is 49.1 Å². The molecule has 1 atom stereocenters. The molecule has 0 rings (SSSR count). The van der Waals surface area contributed by atoms with E-state index in [0.29, 0.717) is 12.1 Å². The lowest BCUT2D eigenvalue weighted by Crippen LogP contribution is -2.32. The van der Waals surface area contributed by atoms with Crippen LogP contribution in [0, 0.1) is 0 Å². The van der Waals surface area contributed by atoms with Gasteiger partial charge >= 0.3 is 0 Å². The minimum absolute atomic E-state index is 0.620. The monoisotopic (exact) mass is 232 g/mol. The maximum absolute atomic E-state index is 3.46. The van der Waals surface area contributed by atoms with Crippen LogP contribution in [0.25, 0.3) is 0 Å². The van der Waals surface area contributed by atoms with Crippen LogP contribution < -0.4 is 5.32 Å². The third-order valence-electron chi connectivity index (χ3n) is 2.75. The minimum atomic E-state index is 0.620. The van der Waals surface area contributed by atoms with E-state index in [0.717, 1.165) is 6.54 Å². The minimum Gasteiger partial charge on any atom is -0.315 e. The highest BCUT2D eigenvalue weighted by Crippen LogP contribution is 2.05. The van der Waals surface area contributed by atoms with Crippen molar-refractivity contribution in [2.45, 2.75) is 45.7 Å². The molecule has 2 nitrogen and oxygen atoms in total. The Balaban J connectivity index is 3.42. The first-order valence-electron chi connectivity index (χ1n) is 6.00. The fourth-order valence-corrected chi connectivity index (χ4v) is 1.93. The van der Waals surface area contributed by atoms with Gasteiger partial charge in [-0.1, -0.05) is 13.8 Å². The van der Waals surface area contributed by atoms with Crippen molar-refractivity contribution in [3.8, 4) is 0 Å². The molecule has 0 fully saturated rings. The lowest BCUT2D eigenvalue weighted by atomic mass is 10.1. The summed E-state index contributed by atoms with van der Waals surface area (Å²) >= 11 is 1.93. The molecular weight excluding hydrogens is 204 g/mol. The summed E-state index contributed by atoms with van der Waals surface area (Å²) in [6, 6.07) is 1.33. The van der Waals surface area contributed by atoms with E-state index in [1.165, 1.54) is 25.1 Å². The van der Waals surface area contributed by atoms with Gasteiger partial charge in [0.25, 0.3) is 0 Å². The van der Waals surface area contributed by atoms with Gasteiger partial charge in [-0.05, 0) is 39.6 Å². The van der Waals surface area contributed by atoms with Crippen LogP contribution in [0.15, 0.2) is 0 Å². The predicted molar refractivity (Wildman–Crippen MR) is 72.8 cm³/mol. The summed E-state index contributed by atoms with van der Waals surface area (Å²) in [7, 11) is 2.23. The first kappa shape index (κ1) is 15.3. The molecule has 3 heteroatoms. The third kappa shape index (κ3) is 9.21. The molecule has 0 aliphatic heterocycles. The third-order valence-corrected chi connectivity index (χ3v) is 3.34. The molecule has 0 saturated heterocycles. The van der Waals surface area contributed by atoms with E-state index in [1.807, 2.05) is 11.8 Å². The van der Waals surface area contributed by atoms with E-state index in [9.17, 15) is 0 Å². The SMILES string of the molecule is CSCCN(C)C(C)CCCNC(C)C. The lowest BCUT2D eigenvalue weighted by Gasteiger charge is -2.24. The van der Waals surface area contributed by atoms with Crippen molar-refractivity contribution in [3.05, 3.63) is 0 Å². The maximum Gasteiger partial charge on any atom is 0.00720 e. The van der Waals surface area contributed by atoms with E-state index >= 15 is 0 Å². The van der Waals surface area contributed by atoms with Gasteiger partial charge in [0.1, 0.15) is 0 Å². The fraction of sp³-hybridized carbons (Fsp3) is 1.00. The second kappa shape index (κ2) is 9.49. The normalized spacial score (nSPS) is 13.8. The average molecular weight is 232 g/mol. The van der Waals surface area contributed by atoms with Gasteiger partial charge in [-0.25, -0.2) is 0 Å². The Bertz CT molecular complexity index is 140. The van der Waals surface area contributed by atoms with Crippen molar-refractivity contribution >= 4 is 11.8 Å². The summed E-state index contributed by atoms with van der Waals surface area (Å²) in [5, 5.41) is 3.46. The fourth-order valence-electron chi connectivity index (χ4n) is 1.46. The van der Waals surface area contributed by atoms with Crippen molar-refractivity contribution in [1.82, 2.24) is 10.2 Å². The first-order chi connectivity index (χ1) is 7.07. The zero-order chi connectivity index (χ0) is 11.7. The second-order valence-corrected chi connectivity index (χ2v) is 5.56. The molecule has 15 heavy (non-hydrogen) atoms. The molecule has 0 aliphatic rings. The first-order valence-corrected chi connectivity index (χ1v) is 7.39. The number of rotatable bonds is 9. The highest BCUT2D eigenvalue weighted by Gasteiger charge is 2.07. The van der Waals surface area contributed by atoms with E-state index < -0.39 is 0 Å². The molecule has 1 N–H and O–H groups in total. The smallest absolute Gasteiger partial charge is 0.00720 e. The largest absolute Gasteiger partial charge is 0.315 e. The number of hydrogen-bond donors (Lipinski definition) is 1. The van der Waals surface area contributed by atoms with E-state index in [2.05, 4.69) is 44.3 Å². The van der Waals surface area contributed by atoms with Crippen molar-refractivity contribution < 1.29 is 0 Å². The standard InChI is InChI=1S/C12H28N2S/c1-11(2)13-8-6-7-12(3)14(4)9-10-15-5/h11-13H,6-10H2,1-5H3. The molecule has 0 heterocycles. The van der Waals surface area contributed by atoms with Crippen molar-refractivity contribution in [2.24, 2.45) is 0 Å². The highest BCUT2D eigenvalue weighted by atomic mass is 32.2. The molecule has 0 aromatic heterocycles. The van der Waals surface area contributed by atoms with Gasteiger partial charge in [-0.15, -0.1) is 0 Å². The average Bonchev–Trinajstić information content (AvgIpc) is 2.20. The van der Waals surface area contributed by atoms with Crippen LogP contribution in [0.3, 0.4) is 0 Å². The van der Waals surface area contributed by atoms with Gasteiger partial charge < -0.3 is 10.2 Å². The molecule has 0 aromatic rings.